The third-order valence-corrected chi connectivity index (χ3v) is 4.53. The molecule has 2 aliphatic rings. The van der Waals surface area contributed by atoms with Crippen molar-refractivity contribution in [1.82, 2.24) is 0 Å². The second kappa shape index (κ2) is 3.89. The second-order valence-corrected chi connectivity index (χ2v) is 5.85. The van der Waals surface area contributed by atoms with Crippen LogP contribution in [0.2, 0.25) is 0 Å². The Bertz CT molecular complexity index is 339. The Kier molecular flexibility index (Phi) is 2.84. The summed E-state index contributed by atoms with van der Waals surface area (Å²) in [5, 5.41) is 20.0. The zero-order valence-corrected chi connectivity index (χ0v) is 10.1. The number of hydrogen-bond acceptors (Lipinski definition) is 2. The SMILES string of the molecule is C=C1CCC[C@@H]2[C@](C#N)(CCC[C@]2(C)O)C1. The molecule has 0 spiro atoms. The summed E-state index contributed by atoms with van der Waals surface area (Å²) in [7, 11) is 0. The molecule has 3 atom stereocenters. The van der Waals surface area contributed by atoms with E-state index < -0.39 is 5.60 Å². The molecule has 1 N–H and O–H groups in total. The summed E-state index contributed by atoms with van der Waals surface area (Å²) in [6.07, 6.45) is 6.60. The van der Waals surface area contributed by atoms with Crippen molar-refractivity contribution in [2.24, 2.45) is 11.3 Å². The van der Waals surface area contributed by atoms with Crippen LogP contribution < -0.4 is 0 Å². The number of nitriles is 1. The summed E-state index contributed by atoms with van der Waals surface area (Å²) >= 11 is 0. The van der Waals surface area contributed by atoms with E-state index in [-0.39, 0.29) is 11.3 Å². The second-order valence-electron chi connectivity index (χ2n) is 5.85. The van der Waals surface area contributed by atoms with Gasteiger partial charge in [-0.15, -0.1) is 0 Å². The van der Waals surface area contributed by atoms with Crippen LogP contribution in [0, 0.1) is 22.7 Å². The van der Waals surface area contributed by atoms with Gasteiger partial charge in [0.15, 0.2) is 0 Å². The average Bonchev–Trinajstić information content (AvgIpc) is 2.38. The van der Waals surface area contributed by atoms with Crippen LogP contribution in [0.5, 0.6) is 0 Å². The minimum absolute atomic E-state index is 0.137. The zero-order valence-electron chi connectivity index (χ0n) is 10.1. The predicted octanol–water partition coefficient (Wildman–Crippen LogP) is 3.18. The lowest BCUT2D eigenvalue weighted by Gasteiger charge is -2.47. The van der Waals surface area contributed by atoms with Gasteiger partial charge in [-0.05, 0) is 51.9 Å². The van der Waals surface area contributed by atoms with Gasteiger partial charge in [-0.3, -0.25) is 0 Å². The first-order chi connectivity index (χ1) is 7.50. The fourth-order valence-electron chi connectivity index (χ4n) is 3.77. The molecule has 2 heteroatoms. The third kappa shape index (κ3) is 1.78. The van der Waals surface area contributed by atoms with Gasteiger partial charge in [-0.25, -0.2) is 0 Å². The van der Waals surface area contributed by atoms with Gasteiger partial charge in [-0.2, -0.15) is 5.26 Å². The van der Waals surface area contributed by atoms with Gasteiger partial charge in [0.2, 0.25) is 0 Å². The normalized spacial score (nSPS) is 44.3. The highest BCUT2D eigenvalue weighted by molar-refractivity contribution is 5.18. The van der Waals surface area contributed by atoms with E-state index in [1.54, 1.807) is 0 Å². The molecular formula is C14H21NO. The van der Waals surface area contributed by atoms with E-state index in [0.29, 0.717) is 0 Å². The molecule has 0 heterocycles. The van der Waals surface area contributed by atoms with Gasteiger partial charge < -0.3 is 5.11 Å². The number of allylic oxidation sites excluding steroid dienone is 1. The van der Waals surface area contributed by atoms with Crippen molar-refractivity contribution in [3.05, 3.63) is 12.2 Å². The highest BCUT2D eigenvalue weighted by Gasteiger charge is 2.51. The molecule has 0 aromatic carbocycles. The van der Waals surface area contributed by atoms with E-state index in [1.807, 2.05) is 6.92 Å². The van der Waals surface area contributed by atoms with Gasteiger partial charge in [-0.1, -0.05) is 12.2 Å². The summed E-state index contributed by atoms with van der Waals surface area (Å²) < 4.78 is 0. The van der Waals surface area contributed by atoms with Crippen molar-refractivity contribution >= 4 is 0 Å². The smallest absolute Gasteiger partial charge is 0.0697 e. The van der Waals surface area contributed by atoms with Gasteiger partial charge in [0.1, 0.15) is 0 Å². The summed E-state index contributed by atoms with van der Waals surface area (Å²) in [4.78, 5) is 0. The molecule has 0 saturated heterocycles. The summed E-state index contributed by atoms with van der Waals surface area (Å²) in [5.74, 6) is 0.137. The fourth-order valence-corrected chi connectivity index (χ4v) is 3.77. The van der Waals surface area contributed by atoms with Crippen LogP contribution in [-0.4, -0.2) is 10.7 Å². The first-order valence-electron chi connectivity index (χ1n) is 6.30. The number of aliphatic hydroxyl groups is 1. The monoisotopic (exact) mass is 219 g/mol. The highest BCUT2D eigenvalue weighted by Crippen LogP contribution is 2.53. The van der Waals surface area contributed by atoms with E-state index in [4.69, 9.17) is 0 Å². The molecule has 2 nitrogen and oxygen atoms in total. The largest absolute Gasteiger partial charge is 0.390 e. The Morgan fingerprint density at radius 1 is 1.44 bits per heavy atom. The quantitative estimate of drug-likeness (QED) is 0.636. The summed E-state index contributed by atoms with van der Waals surface area (Å²) in [5.41, 5.74) is 0.204. The van der Waals surface area contributed by atoms with Crippen LogP contribution in [0.15, 0.2) is 12.2 Å². The minimum Gasteiger partial charge on any atom is -0.390 e. The molecule has 88 valence electrons. The maximum atomic E-state index is 10.5. The molecular weight excluding hydrogens is 198 g/mol. The van der Waals surface area contributed by atoms with Gasteiger partial charge in [0.25, 0.3) is 0 Å². The Morgan fingerprint density at radius 3 is 2.88 bits per heavy atom. The van der Waals surface area contributed by atoms with Crippen molar-refractivity contribution in [3.8, 4) is 6.07 Å². The lowest BCUT2D eigenvalue weighted by molar-refractivity contribution is -0.0827. The number of nitrogens with zero attached hydrogens (tertiary/aromatic N) is 1. The average molecular weight is 219 g/mol. The van der Waals surface area contributed by atoms with E-state index in [0.717, 1.165) is 44.9 Å². The lowest BCUT2D eigenvalue weighted by Crippen LogP contribution is -2.48. The van der Waals surface area contributed by atoms with Crippen LogP contribution in [-0.2, 0) is 0 Å². The van der Waals surface area contributed by atoms with E-state index in [9.17, 15) is 10.4 Å². The molecule has 0 amide bonds. The summed E-state index contributed by atoms with van der Waals surface area (Å²) in [6, 6.07) is 2.52. The Balaban J connectivity index is 2.37. The van der Waals surface area contributed by atoms with E-state index in [2.05, 4.69) is 12.6 Å². The van der Waals surface area contributed by atoms with Crippen molar-refractivity contribution in [2.75, 3.05) is 0 Å². The Hall–Kier alpha value is -0.810. The lowest BCUT2D eigenvalue weighted by atomic mass is 9.58. The molecule has 0 radical (unpaired) electrons. The maximum Gasteiger partial charge on any atom is 0.0697 e. The van der Waals surface area contributed by atoms with Crippen LogP contribution in [0.25, 0.3) is 0 Å². The topological polar surface area (TPSA) is 44.0 Å². The van der Waals surface area contributed by atoms with Crippen molar-refractivity contribution < 1.29 is 5.11 Å². The maximum absolute atomic E-state index is 10.5. The molecule has 0 unspecified atom stereocenters. The van der Waals surface area contributed by atoms with Crippen LogP contribution in [0.3, 0.4) is 0 Å². The molecule has 2 aliphatic carbocycles. The molecule has 16 heavy (non-hydrogen) atoms. The molecule has 2 fully saturated rings. The molecule has 2 saturated carbocycles. The Labute approximate surface area is 98.0 Å². The van der Waals surface area contributed by atoms with Crippen LogP contribution >= 0.6 is 0 Å². The molecule has 2 rings (SSSR count). The molecule has 0 aliphatic heterocycles. The predicted molar refractivity (Wildman–Crippen MR) is 63.6 cm³/mol. The van der Waals surface area contributed by atoms with E-state index >= 15 is 0 Å². The molecule has 0 aromatic rings. The highest BCUT2D eigenvalue weighted by atomic mass is 16.3. The minimum atomic E-state index is -0.654. The van der Waals surface area contributed by atoms with Crippen LogP contribution in [0.1, 0.15) is 51.9 Å². The zero-order chi connectivity index (χ0) is 11.8. The number of rotatable bonds is 0. The first kappa shape index (κ1) is 11.7. The third-order valence-electron chi connectivity index (χ3n) is 4.53. The Morgan fingerprint density at radius 2 is 2.19 bits per heavy atom. The number of hydrogen-bond donors (Lipinski definition) is 1. The first-order valence-corrected chi connectivity index (χ1v) is 6.30. The van der Waals surface area contributed by atoms with Crippen molar-refractivity contribution in [2.45, 2.75) is 57.5 Å². The standard InChI is InChI=1S/C14H21NO/c1-11-5-3-6-12-13(2,16)7-4-8-14(12,9-11)10-15/h12,16H,1,3-9H2,2H3/t12-,13-,14+/m0/s1. The molecule has 0 bridgehead atoms. The van der Waals surface area contributed by atoms with Gasteiger partial charge in [0.05, 0.1) is 17.1 Å². The summed E-state index contributed by atoms with van der Waals surface area (Å²) in [6.45, 7) is 5.99. The van der Waals surface area contributed by atoms with E-state index in [1.165, 1.54) is 5.57 Å². The van der Waals surface area contributed by atoms with Crippen molar-refractivity contribution in [3.63, 3.8) is 0 Å². The van der Waals surface area contributed by atoms with Gasteiger partial charge in [0, 0.05) is 5.92 Å². The fraction of sp³-hybridized carbons (Fsp3) is 0.786. The van der Waals surface area contributed by atoms with Crippen LogP contribution in [0.4, 0.5) is 0 Å². The van der Waals surface area contributed by atoms with Gasteiger partial charge >= 0.3 is 0 Å². The molecule has 0 aromatic heterocycles. The van der Waals surface area contributed by atoms with Crippen molar-refractivity contribution in [1.29, 1.82) is 5.26 Å². The number of fused-ring (bicyclic) bond motifs is 1.